The highest BCUT2D eigenvalue weighted by Crippen LogP contribution is 2.68. The van der Waals surface area contributed by atoms with Gasteiger partial charge in [0.2, 0.25) is 0 Å². The van der Waals surface area contributed by atoms with Gasteiger partial charge in [-0.2, -0.15) is 26.3 Å². The monoisotopic (exact) mass is 496 g/mol. The number of aliphatic hydroxyl groups excluding tert-OH is 1. The van der Waals surface area contributed by atoms with Crippen molar-refractivity contribution in [3.8, 4) is 0 Å². The maximum absolute atomic E-state index is 13.2. The van der Waals surface area contributed by atoms with Crippen LogP contribution in [0, 0.1) is 40.4 Å². The van der Waals surface area contributed by atoms with Crippen molar-refractivity contribution < 1.29 is 36.6 Å². The van der Waals surface area contributed by atoms with Crippen LogP contribution in [0.5, 0.6) is 0 Å². The van der Waals surface area contributed by atoms with Crippen LogP contribution in [0.2, 0.25) is 0 Å². The third-order valence-electron chi connectivity index (χ3n) is 10.7. The van der Waals surface area contributed by atoms with Crippen LogP contribution in [0.25, 0.3) is 0 Å². The zero-order chi connectivity index (χ0) is 25.3. The molecule has 0 saturated heterocycles. The Morgan fingerprint density at radius 3 is 2.21 bits per heavy atom. The molecule has 8 atom stereocenters. The van der Waals surface area contributed by atoms with Gasteiger partial charge in [-0.25, -0.2) is 0 Å². The molecule has 0 aromatic heterocycles. The first-order valence-corrected chi connectivity index (χ1v) is 12.8. The van der Waals surface area contributed by atoms with Crippen molar-refractivity contribution in [3.63, 3.8) is 0 Å². The smallest absolute Gasteiger partial charge is 0.389 e. The van der Waals surface area contributed by atoms with Crippen molar-refractivity contribution >= 4 is 0 Å². The maximum atomic E-state index is 13.2. The summed E-state index contributed by atoms with van der Waals surface area (Å²) >= 11 is 0. The highest BCUT2D eigenvalue weighted by Gasteiger charge is 2.70. The van der Waals surface area contributed by atoms with Crippen molar-refractivity contribution in [2.45, 2.75) is 109 Å². The fraction of sp³-hybridized carbons (Fsp3) is 0.923. The molecule has 4 aliphatic rings. The molecule has 6 unspecified atom stereocenters. The lowest BCUT2D eigenvalue weighted by Crippen LogP contribution is -2.57. The summed E-state index contributed by atoms with van der Waals surface area (Å²) in [6.45, 7) is 6.30. The quantitative estimate of drug-likeness (QED) is 0.319. The summed E-state index contributed by atoms with van der Waals surface area (Å²) < 4.78 is 79.0. The van der Waals surface area contributed by atoms with Crippen molar-refractivity contribution in [1.82, 2.24) is 0 Å². The van der Waals surface area contributed by atoms with Gasteiger partial charge >= 0.3 is 12.4 Å². The van der Waals surface area contributed by atoms with Gasteiger partial charge < -0.3 is 10.2 Å². The largest absolute Gasteiger partial charge is 0.426 e. The van der Waals surface area contributed by atoms with Gasteiger partial charge in [-0.15, -0.1) is 0 Å². The average Bonchev–Trinajstić information content (AvgIpc) is 3.08. The van der Waals surface area contributed by atoms with Crippen LogP contribution in [0.4, 0.5) is 26.3 Å². The Kier molecular flexibility index (Phi) is 6.49. The first-order valence-electron chi connectivity index (χ1n) is 12.8. The molecular formula is C26H38F6O2. The van der Waals surface area contributed by atoms with Crippen LogP contribution in [0.15, 0.2) is 11.6 Å². The summed E-state index contributed by atoms with van der Waals surface area (Å²) in [6, 6.07) is 0. The van der Waals surface area contributed by atoms with Gasteiger partial charge in [0.1, 0.15) is 0 Å². The average molecular weight is 497 g/mol. The summed E-state index contributed by atoms with van der Waals surface area (Å²) in [5.41, 5.74) is -3.29. The highest BCUT2D eigenvalue weighted by atomic mass is 19.4. The highest BCUT2D eigenvalue weighted by molar-refractivity contribution is 5.25. The minimum Gasteiger partial charge on any atom is -0.389 e. The summed E-state index contributed by atoms with van der Waals surface area (Å²) in [4.78, 5) is 0. The van der Waals surface area contributed by atoms with Crippen molar-refractivity contribution in [1.29, 1.82) is 0 Å². The number of allylic oxidation sites excluding steroid dienone is 1. The first-order chi connectivity index (χ1) is 15.5. The molecule has 2 nitrogen and oxygen atoms in total. The summed E-state index contributed by atoms with van der Waals surface area (Å²) in [7, 11) is 0. The Balaban J connectivity index is 1.49. The van der Waals surface area contributed by atoms with Crippen LogP contribution >= 0.6 is 0 Å². The second-order valence-electron chi connectivity index (χ2n) is 12.2. The molecule has 3 fully saturated rings. The molecular weight excluding hydrogens is 458 g/mol. The Morgan fingerprint density at radius 2 is 1.59 bits per heavy atom. The van der Waals surface area contributed by atoms with E-state index in [9.17, 15) is 36.6 Å². The van der Waals surface area contributed by atoms with E-state index < -0.39 is 24.4 Å². The zero-order valence-corrected chi connectivity index (χ0v) is 20.3. The lowest BCUT2D eigenvalue weighted by Gasteiger charge is -2.59. The van der Waals surface area contributed by atoms with E-state index in [1.807, 2.05) is 0 Å². The van der Waals surface area contributed by atoms with Crippen LogP contribution in [-0.2, 0) is 0 Å². The number of fused-ring (bicyclic) bond motifs is 5. The first kappa shape index (κ1) is 26.3. The molecule has 0 aliphatic heterocycles. The van der Waals surface area contributed by atoms with E-state index in [2.05, 4.69) is 19.9 Å². The number of aliphatic hydroxyl groups is 2. The number of hydrogen-bond donors (Lipinski definition) is 2. The molecule has 0 bridgehead atoms. The molecule has 3 saturated carbocycles. The predicted octanol–water partition coefficient (Wildman–Crippen LogP) is 7.20. The van der Waals surface area contributed by atoms with Gasteiger partial charge in [-0.1, -0.05) is 32.4 Å². The number of halogens is 6. The fourth-order valence-electron chi connectivity index (χ4n) is 8.77. The predicted molar refractivity (Wildman–Crippen MR) is 117 cm³/mol. The molecule has 0 aromatic carbocycles. The van der Waals surface area contributed by atoms with Crippen molar-refractivity contribution in [2.24, 2.45) is 40.4 Å². The molecule has 0 radical (unpaired) electrons. The lowest BCUT2D eigenvalue weighted by atomic mass is 9.46. The summed E-state index contributed by atoms with van der Waals surface area (Å²) in [5, 5.41) is 19.7. The van der Waals surface area contributed by atoms with Gasteiger partial charge in [-0.3, -0.25) is 0 Å². The molecule has 4 rings (SSSR count). The van der Waals surface area contributed by atoms with E-state index in [0.717, 1.165) is 51.4 Å². The molecule has 196 valence electrons. The number of alkyl halides is 6. The Labute approximate surface area is 198 Å². The molecule has 34 heavy (non-hydrogen) atoms. The zero-order valence-electron chi connectivity index (χ0n) is 20.3. The summed E-state index contributed by atoms with van der Waals surface area (Å²) in [5.74, 6) is 1.18. The van der Waals surface area contributed by atoms with Crippen LogP contribution in [0.1, 0.15) is 85.0 Å². The van der Waals surface area contributed by atoms with E-state index >= 15 is 0 Å². The van der Waals surface area contributed by atoms with Crippen LogP contribution < -0.4 is 0 Å². The second kappa shape index (κ2) is 8.39. The SMILES string of the molecule is C[C@@H](CCC(O)(C(F)(F)F)C(F)(F)F)C1CCC2C3CCC4=C[C@@H](O)CCC4(C)C3CCC21C. The second-order valence-corrected chi connectivity index (χ2v) is 12.2. The Morgan fingerprint density at radius 1 is 0.941 bits per heavy atom. The Hall–Kier alpha value is -0.760. The van der Waals surface area contributed by atoms with E-state index in [4.69, 9.17) is 0 Å². The third kappa shape index (κ3) is 3.93. The number of rotatable bonds is 4. The van der Waals surface area contributed by atoms with E-state index in [-0.39, 0.29) is 35.2 Å². The molecule has 8 heteroatoms. The van der Waals surface area contributed by atoms with E-state index in [1.54, 1.807) is 6.92 Å². The van der Waals surface area contributed by atoms with Crippen LogP contribution in [-0.4, -0.2) is 34.3 Å². The Bertz CT molecular complexity index is 790. The normalized spacial score (nSPS) is 41.9. The standard InChI is InChI=1S/C26H38F6O2/c1-15(8-13-24(34,25(27,28)29)26(30,31)32)19-6-7-20-18-5-4-16-14-17(33)9-11-22(16,2)21(18)10-12-23(19,20)3/h14-15,17-21,33-34H,4-13H2,1-3H3/t15-,17-,18?,19?,20?,21?,22?,23?/m0/s1. The lowest BCUT2D eigenvalue weighted by molar-refractivity contribution is -0.370. The van der Waals surface area contributed by atoms with E-state index in [1.165, 1.54) is 5.57 Å². The third-order valence-corrected chi connectivity index (χ3v) is 10.7. The van der Waals surface area contributed by atoms with E-state index in [0.29, 0.717) is 17.8 Å². The topological polar surface area (TPSA) is 40.5 Å². The van der Waals surface area contributed by atoms with Gasteiger partial charge in [0, 0.05) is 0 Å². The minimum absolute atomic E-state index is 0.0575. The van der Waals surface area contributed by atoms with Gasteiger partial charge in [0.25, 0.3) is 5.60 Å². The summed E-state index contributed by atoms with van der Waals surface area (Å²) in [6.07, 6.45) is -3.99. The maximum Gasteiger partial charge on any atom is 0.426 e. The van der Waals surface area contributed by atoms with Crippen molar-refractivity contribution in [2.75, 3.05) is 0 Å². The molecule has 0 amide bonds. The minimum atomic E-state index is -5.75. The van der Waals surface area contributed by atoms with Gasteiger partial charge in [0.05, 0.1) is 6.10 Å². The molecule has 0 aromatic rings. The van der Waals surface area contributed by atoms with Crippen molar-refractivity contribution in [3.05, 3.63) is 11.6 Å². The number of hydrogen-bond acceptors (Lipinski definition) is 2. The van der Waals surface area contributed by atoms with Gasteiger partial charge in [-0.05, 0) is 105 Å². The molecule has 0 heterocycles. The molecule has 4 aliphatic carbocycles. The van der Waals surface area contributed by atoms with Gasteiger partial charge in [0.15, 0.2) is 0 Å². The molecule has 2 N–H and O–H groups in total. The fourth-order valence-corrected chi connectivity index (χ4v) is 8.77. The molecule has 0 spiro atoms. The van der Waals surface area contributed by atoms with Crippen LogP contribution in [0.3, 0.4) is 0 Å².